The molecule has 0 atom stereocenters. The lowest BCUT2D eigenvalue weighted by molar-refractivity contribution is -0.133. The summed E-state index contributed by atoms with van der Waals surface area (Å²) in [6, 6.07) is 12.1. The fraction of sp³-hybridized carbons (Fsp3) is 0.435. The Kier molecular flexibility index (Phi) is 7.06. The Bertz CT molecular complexity index is 1080. The number of rotatable bonds is 8. The maximum atomic E-state index is 12.8. The number of carbonyl (C=O) groups is 1. The minimum absolute atomic E-state index is 0.134. The molecule has 0 aromatic heterocycles. The van der Waals surface area contributed by atoms with Gasteiger partial charge in [0.05, 0.1) is 18.0 Å². The number of carbonyl (C=O) groups excluding carboxylic acids is 1. The van der Waals surface area contributed by atoms with E-state index in [2.05, 4.69) is 4.90 Å². The van der Waals surface area contributed by atoms with Gasteiger partial charge in [-0.05, 0) is 48.9 Å². The molecule has 0 aliphatic carbocycles. The number of fused-ring (bicyclic) bond motifs is 1. The number of benzene rings is 2. The Morgan fingerprint density at radius 1 is 1.03 bits per heavy atom. The highest BCUT2D eigenvalue weighted by Crippen LogP contribution is 2.32. The minimum Gasteiger partial charge on any atom is -0.494 e. The fourth-order valence-electron chi connectivity index (χ4n) is 3.88. The van der Waals surface area contributed by atoms with Crippen molar-refractivity contribution in [1.29, 1.82) is 0 Å². The van der Waals surface area contributed by atoms with E-state index in [0.717, 1.165) is 41.0 Å². The number of hydrogen-bond acceptors (Lipinski definition) is 7. The van der Waals surface area contributed by atoms with Crippen molar-refractivity contribution in [3.8, 4) is 17.2 Å². The fourth-order valence-corrected chi connectivity index (χ4v) is 5.00. The van der Waals surface area contributed by atoms with Crippen LogP contribution in [0.3, 0.4) is 0 Å². The molecule has 0 unspecified atom stereocenters. The van der Waals surface area contributed by atoms with Gasteiger partial charge in [-0.1, -0.05) is 6.07 Å². The first kappa shape index (κ1) is 23.3. The van der Waals surface area contributed by atoms with Crippen LogP contribution >= 0.6 is 0 Å². The zero-order valence-corrected chi connectivity index (χ0v) is 19.7. The van der Waals surface area contributed by atoms with E-state index in [4.69, 9.17) is 14.2 Å². The Morgan fingerprint density at radius 2 is 1.73 bits per heavy atom. The average molecular weight is 476 g/mol. The third-order valence-electron chi connectivity index (χ3n) is 5.77. The topological polar surface area (TPSA) is 88.6 Å². The summed E-state index contributed by atoms with van der Waals surface area (Å²) in [5, 5.41) is 0. The van der Waals surface area contributed by atoms with Crippen LogP contribution in [-0.2, 0) is 21.4 Å². The van der Waals surface area contributed by atoms with Crippen LogP contribution < -0.4 is 14.2 Å². The molecule has 2 aromatic carbocycles. The summed E-state index contributed by atoms with van der Waals surface area (Å²) in [5.41, 5.74) is 1.13. The van der Waals surface area contributed by atoms with E-state index in [1.165, 1.54) is 19.2 Å². The summed E-state index contributed by atoms with van der Waals surface area (Å²) in [6.45, 7) is 5.72. The molecule has 0 N–H and O–H groups in total. The predicted molar refractivity (Wildman–Crippen MR) is 122 cm³/mol. The van der Waals surface area contributed by atoms with E-state index in [1.807, 2.05) is 25.1 Å². The molecule has 1 amide bonds. The van der Waals surface area contributed by atoms with Crippen molar-refractivity contribution in [3.05, 3.63) is 48.0 Å². The molecule has 0 spiro atoms. The van der Waals surface area contributed by atoms with E-state index in [1.54, 1.807) is 17.0 Å². The molecule has 9 nitrogen and oxygen atoms in total. The lowest BCUT2D eigenvalue weighted by Gasteiger charge is -2.35. The minimum atomic E-state index is -3.76. The first-order valence-electron chi connectivity index (χ1n) is 10.9. The first-order valence-corrected chi connectivity index (χ1v) is 12.4. The van der Waals surface area contributed by atoms with Crippen LogP contribution in [0.4, 0.5) is 0 Å². The molecule has 10 heteroatoms. The number of nitrogens with zero attached hydrogens (tertiary/aromatic N) is 3. The van der Waals surface area contributed by atoms with Crippen molar-refractivity contribution in [2.24, 2.45) is 0 Å². The summed E-state index contributed by atoms with van der Waals surface area (Å²) in [4.78, 5) is 16.9. The van der Waals surface area contributed by atoms with Gasteiger partial charge in [0.15, 0.2) is 11.5 Å². The molecule has 2 heterocycles. The third kappa shape index (κ3) is 5.40. The Hall–Kier alpha value is -2.82. The average Bonchev–Trinajstić information content (AvgIpc) is 3.28. The first-order chi connectivity index (χ1) is 15.9. The Morgan fingerprint density at radius 3 is 2.42 bits per heavy atom. The lowest BCUT2D eigenvalue weighted by Crippen LogP contribution is -2.51. The van der Waals surface area contributed by atoms with E-state index < -0.39 is 10.0 Å². The maximum absolute atomic E-state index is 12.8. The second-order valence-corrected chi connectivity index (χ2v) is 10.1. The number of sulfonamides is 1. The molecule has 4 rings (SSSR count). The van der Waals surface area contributed by atoms with E-state index >= 15 is 0 Å². The van der Waals surface area contributed by atoms with Gasteiger partial charge in [-0.3, -0.25) is 9.69 Å². The summed E-state index contributed by atoms with van der Waals surface area (Å²) in [6.07, 6.45) is 0. The van der Waals surface area contributed by atoms with Gasteiger partial charge in [-0.2, -0.15) is 4.31 Å². The lowest BCUT2D eigenvalue weighted by atomic mass is 10.1. The van der Waals surface area contributed by atoms with Crippen molar-refractivity contribution < 1.29 is 27.4 Å². The number of likely N-dealkylation sites (N-methyl/N-ethyl adjacent to an activating group) is 1. The number of ether oxygens (including phenoxy) is 3. The molecule has 0 radical (unpaired) electrons. The third-order valence-corrected chi connectivity index (χ3v) is 7.59. The Labute approximate surface area is 194 Å². The predicted octanol–water partition coefficient (Wildman–Crippen LogP) is 1.78. The number of hydrogen-bond donors (Lipinski definition) is 0. The van der Waals surface area contributed by atoms with Crippen LogP contribution in [0, 0.1) is 0 Å². The van der Waals surface area contributed by atoms with Crippen LogP contribution in [-0.4, -0.2) is 81.6 Å². The Balaban J connectivity index is 1.28. The van der Waals surface area contributed by atoms with Crippen molar-refractivity contribution in [3.63, 3.8) is 0 Å². The van der Waals surface area contributed by atoms with Gasteiger partial charge in [-0.25, -0.2) is 8.42 Å². The highest BCUT2D eigenvalue weighted by Gasteiger charge is 2.27. The summed E-state index contributed by atoms with van der Waals surface area (Å²) >= 11 is 0. The van der Waals surface area contributed by atoms with Gasteiger partial charge in [-0.15, -0.1) is 0 Å². The zero-order chi connectivity index (χ0) is 23.4. The highest BCUT2D eigenvalue weighted by atomic mass is 32.2. The molecule has 33 heavy (non-hydrogen) atoms. The van der Waals surface area contributed by atoms with Crippen LogP contribution in [0.5, 0.6) is 17.2 Å². The SMILES string of the molecule is CCOc1ccc(S(=O)(=O)N(C)CC(=O)N2CCN(Cc3ccc4c(c3)OCO4)CC2)cc1. The van der Waals surface area contributed by atoms with Crippen molar-refractivity contribution in [1.82, 2.24) is 14.1 Å². The van der Waals surface area contributed by atoms with Gasteiger partial charge in [0.2, 0.25) is 22.7 Å². The quantitative estimate of drug-likeness (QED) is 0.575. The standard InChI is InChI=1S/C23H29N3O6S/c1-3-30-19-5-7-20(8-6-19)33(28,29)24(2)16-23(27)26-12-10-25(11-13-26)15-18-4-9-21-22(14-18)32-17-31-21/h4-9,14H,3,10-13,15-17H2,1-2H3. The van der Waals surface area contributed by atoms with Gasteiger partial charge in [0.25, 0.3) is 0 Å². The highest BCUT2D eigenvalue weighted by molar-refractivity contribution is 7.89. The molecule has 0 bridgehead atoms. The second-order valence-electron chi connectivity index (χ2n) is 8.01. The largest absolute Gasteiger partial charge is 0.494 e. The molecule has 0 saturated carbocycles. The normalized spacial score (nSPS) is 16.3. The summed E-state index contributed by atoms with van der Waals surface area (Å²) in [5.74, 6) is 1.93. The molecule has 1 saturated heterocycles. The molecule has 2 aliphatic rings. The maximum Gasteiger partial charge on any atom is 0.243 e. The second kappa shape index (κ2) is 9.98. The van der Waals surface area contributed by atoms with Gasteiger partial charge in [0.1, 0.15) is 5.75 Å². The number of piperazine rings is 1. The van der Waals surface area contributed by atoms with Gasteiger partial charge >= 0.3 is 0 Å². The molecular weight excluding hydrogens is 446 g/mol. The summed E-state index contributed by atoms with van der Waals surface area (Å²) in [7, 11) is -2.33. The van der Waals surface area contributed by atoms with Crippen LogP contribution in [0.25, 0.3) is 0 Å². The van der Waals surface area contributed by atoms with Gasteiger partial charge in [0, 0.05) is 39.8 Å². The smallest absolute Gasteiger partial charge is 0.243 e. The zero-order valence-electron chi connectivity index (χ0n) is 18.9. The van der Waals surface area contributed by atoms with E-state index in [9.17, 15) is 13.2 Å². The van der Waals surface area contributed by atoms with Crippen LogP contribution in [0.1, 0.15) is 12.5 Å². The summed E-state index contributed by atoms with van der Waals surface area (Å²) < 4.78 is 42.9. The molecule has 2 aromatic rings. The van der Waals surface area contributed by atoms with Crippen molar-refractivity contribution in [2.45, 2.75) is 18.4 Å². The molecule has 2 aliphatic heterocycles. The molecular formula is C23H29N3O6S. The van der Waals surface area contributed by atoms with Crippen molar-refractivity contribution >= 4 is 15.9 Å². The van der Waals surface area contributed by atoms with Crippen molar-refractivity contribution in [2.75, 3.05) is 53.2 Å². The monoisotopic (exact) mass is 475 g/mol. The van der Waals surface area contributed by atoms with Gasteiger partial charge < -0.3 is 19.1 Å². The van der Waals surface area contributed by atoms with Crippen LogP contribution in [0.2, 0.25) is 0 Å². The molecule has 178 valence electrons. The van der Waals surface area contributed by atoms with E-state index in [-0.39, 0.29) is 24.1 Å². The van der Waals surface area contributed by atoms with Crippen LogP contribution in [0.15, 0.2) is 47.4 Å². The molecule has 1 fully saturated rings. The van der Waals surface area contributed by atoms with E-state index in [0.29, 0.717) is 25.4 Å². The number of amides is 1.